The molecular weight excluding hydrogens is 603 g/mol. The fourth-order valence-corrected chi connectivity index (χ4v) is 5.74. The number of hydrogen-bond acceptors (Lipinski definition) is 6. The molecule has 0 radical (unpaired) electrons. The van der Waals surface area contributed by atoms with Crippen LogP contribution in [0.25, 0.3) is 23.1 Å². The molecule has 3 rings (SSSR count). The Kier molecular flexibility index (Phi) is 16.4. The van der Waals surface area contributed by atoms with Crippen LogP contribution in [0.3, 0.4) is 0 Å². The van der Waals surface area contributed by atoms with Crippen molar-refractivity contribution in [2.45, 2.75) is 66.3 Å². The number of benzene rings is 2. The molecule has 0 amide bonds. The molecule has 226 valence electrons. The number of rotatable bonds is 19. The minimum Gasteiger partial charge on any atom is -1.00 e. The van der Waals surface area contributed by atoms with Crippen LogP contribution in [-0.4, -0.2) is 32.5 Å². The second kappa shape index (κ2) is 19.2. The molecule has 0 fully saturated rings. The van der Waals surface area contributed by atoms with Gasteiger partial charge in [-0.15, -0.1) is 9.35 Å². The van der Waals surface area contributed by atoms with Gasteiger partial charge in [0.05, 0.1) is 24.8 Å². The zero-order valence-corrected chi connectivity index (χ0v) is 27.4. The van der Waals surface area contributed by atoms with Gasteiger partial charge in [-0.3, -0.25) is 4.57 Å². The summed E-state index contributed by atoms with van der Waals surface area (Å²) in [6.45, 7) is 11.4. The molecule has 0 aliphatic rings. The molecule has 0 spiro atoms. The van der Waals surface area contributed by atoms with Crippen molar-refractivity contribution in [2.75, 3.05) is 37.4 Å². The van der Waals surface area contributed by atoms with Crippen LogP contribution in [-0.2, 0) is 30.2 Å². The number of nitrogens with zero attached hydrogens (tertiary/aromatic N) is 2. The monoisotopic (exact) mass is 648 g/mol. The van der Waals surface area contributed by atoms with Gasteiger partial charge in [0.15, 0.2) is 6.20 Å². The van der Waals surface area contributed by atoms with E-state index in [1.54, 1.807) is 13.8 Å². The highest BCUT2D eigenvalue weighted by Crippen LogP contribution is 2.49. The topological polar surface area (TPSA) is 61.1 Å². The number of halogens is 1. The maximum absolute atomic E-state index is 12.9. The molecular formula is C32H46BrN2O5P. The average molecular weight is 650 g/mol. The first-order valence-corrected chi connectivity index (χ1v) is 16.4. The van der Waals surface area contributed by atoms with Crippen molar-refractivity contribution in [3.05, 3.63) is 71.9 Å². The van der Waals surface area contributed by atoms with Gasteiger partial charge in [-0.2, -0.15) is 4.57 Å². The fourth-order valence-electron chi connectivity index (χ4n) is 4.50. The number of unbranched alkanes of at least 4 members (excludes halogenated alkanes) is 2. The minimum atomic E-state index is -3.50. The molecule has 0 bridgehead atoms. The maximum atomic E-state index is 12.9. The summed E-state index contributed by atoms with van der Waals surface area (Å²) < 4.78 is 25.1. The van der Waals surface area contributed by atoms with E-state index >= 15 is 0 Å². The molecule has 0 saturated carbocycles. The van der Waals surface area contributed by atoms with E-state index in [1.165, 1.54) is 36.9 Å². The van der Waals surface area contributed by atoms with Gasteiger partial charge in [0.2, 0.25) is 5.52 Å². The summed E-state index contributed by atoms with van der Waals surface area (Å²) in [5, 5.41) is 1.16. The lowest BCUT2D eigenvalue weighted by molar-refractivity contribution is -0.671. The van der Waals surface area contributed by atoms with Crippen LogP contribution in [0.15, 0.2) is 60.8 Å². The Morgan fingerprint density at radius 3 is 2.07 bits per heavy atom. The number of hydrogen-bond donors (Lipinski definition) is 0. The molecule has 0 unspecified atom stereocenters. The number of aryl methyl sites for hydroxylation is 1. The Balaban J connectivity index is 0.00000588. The van der Waals surface area contributed by atoms with Crippen LogP contribution in [0.4, 0.5) is 5.69 Å². The predicted molar refractivity (Wildman–Crippen MR) is 164 cm³/mol. The van der Waals surface area contributed by atoms with Gasteiger partial charge in [-0.1, -0.05) is 63.1 Å². The standard InChI is InChI=1S/C32H46N2O5P.BrH/c1-5-9-23-33(24-10-6-2)30-21-18-28(19-22-30)17-20-29-14-11-16-32-31(29)15-12-25-34(32)26-13-27-40(35,38-36-7-3)39-37-8-4;/h11-12,14-22,25H,5-10,13,23-24,26-27H2,1-4H3;1H/q+1;/p-1. The Labute approximate surface area is 256 Å². The van der Waals surface area contributed by atoms with Crippen molar-refractivity contribution in [1.29, 1.82) is 0 Å². The summed E-state index contributed by atoms with van der Waals surface area (Å²) in [5.41, 5.74) is 4.73. The van der Waals surface area contributed by atoms with Gasteiger partial charge in [0.25, 0.3) is 0 Å². The lowest BCUT2D eigenvalue weighted by Gasteiger charge is -2.24. The van der Waals surface area contributed by atoms with E-state index in [0.29, 0.717) is 13.0 Å². The third-order valence-electron chi connectivity index (χ3n) is 6.63. The summed E-state index contributed by atoms with van der Waals surface area (Å²) in [6, 6.07) is 19.4. The number of aromatic nitrogens is 1. The largest absolute Gasteiger partial charge is 1.00 e. The first kappa shape index (κ1) is 35.1. The first-order chi connectivity index (χ1) is 19.5. The summed E-state index contributed by atoms with van der Waals surface area (Å²) >= 11 is 0. The summed E-state index contributed by atoms with van der Waals surface area (Å²) in [5.74, 6) is 0. The van der Waals surface area contributed by atoms with Gasteiger partial charge < -0.3 is 21.9 Å². The van der Waals surface area contributed by atoms with Gasteiger partial charge in [0, 0.05) is 37.3 Å². The molecule has 0 atom stereocenters. The summed E-state index contributed by atoms with van der Waals surface area (Å²) in [4.78, 5) is 12.3. The van der Waals surface area contributed by atoms with Crippen molar-refractivity contribution < 1.29 is 45.2 Å². The van der Waals surface area contributed by atoms with Crippen molar-refractivity contribution >= 4 is 36.3 Å². The fraction of sp³-hybridized carbons (Fsp3) is 0.469. The van der Waals surface area contributed by atoms with Crippen LogP contribution in [0, 0.1) is 0 Å². The minimum absolute atomic E-state index is 0. The highest BCUT2D eigenvalue weighted by atomic mass is 79.9. The molecule has 2 aromatic carbocycles. The molecule has 9 heteroatoms. The maximum Gasteiger partial charge on any atom is 0.384 e. The summed E-state index contributed by atoms with van der Waals surface area (Å²) in [6.07, 6.45) is 12.0. The smallest absolute Gasteiger partial charge is 0.384 e. The molecule has 1 aromatic heterocycles. The quantitative estimate of drug-likeness (QED) is 0.0584. The number of fused-ring (bicyclic) bond motifs is 1. The lowest BCUT2D eigenvalue weighted by atomic mass is 10.1. The van der Waals surface area contributed by atoms with Gasteiger partial charge >= 0.3 is 7.60 Å². The van der Waals surface area contributed by atoms with E-state index < -0.39 is 7.60 Å². The number of pyridine rings is 1. The molecule has 3 aromatic rings. The van der Waals surface area contributed by atoms with Gasteiger partial charge in [-0.05, 0) is 56.0 Å². The number of anilines is 1. The van der Waals surface area contributed by atoms with Crippen LogP contribution >= 0.6 is 7.60 Å². The Morgan fingerprint density at radius 1 is 0.805 bits per heavy atom. The van der Waals surface area contributed by atoms with Crippen LogP contribution < -0.4 is 26.4 Å². The molecule has 41 heavy (non-hydrogen) atoms. The van der Waals surface area contributed by atoms with Crippen LogP contribution in [0.5, 0.6) is 0 Å². The third-order valence-corrected chi connectivity index (χ3v) is 8.16. The van der Waals surface area contributed by atoms with E-state index in [4.69, 9.17) is 19.1 Å². The van der Waals surface area contributed by atoms with E-state index in [1.807, 2.05) is 12.3 Å². The Morgan fingerprint density at radius 2 is 1.46 bits per heavy atom. The van der Waals surface area contributed by atoms with Crippen molar-refractivity contribution in [3.8, 4) is 0 Å². The Bertz CT molecular complexity index is 1220. The van der Waals surface area contributed by atoms with Crippen LogP contribution in [0.1, 0.15) is 70.9 Å². The van der Waals surface area contributed by atoms with Crippen molar-refractivity contribution in [1.82, 2.24) is 0 Å². The molecule has 0 aliphatic heterocycles. The van der Waals surface area contributed by atoms with Gasteiger partial charge in [-0.25, -0.2) is 9.78 Å². The second-order valence-corrected chi connectivity index (χ2v) is 11.7. The average Bonchev–Trinajstić information content (AvgIpc) is 2.98. The molecule has 7 nitrogen and oxygen atoms in total. The molecule has 0 N–H and O–H groups in total. The van der Waals surface area contributed by atoms with E-state index in [2.05, 4.69) is 84.0 Å². The molecule has 1 heterocycles. The SMILES string of the molecule is CCCCN(CCCC)c1ccc(/C=C/c2cccc3c2ccc[n+]3CCCP(=O)(OOCC)OOCC)cc1.[Br-]. The zero-order valence-electron chi connectivity index (χ0n) is 25.0. The van der Waals surface area contributed by atoms with E-state index in [0.717, 1.165) is 29.6 Å². The Hall–Kier alpha value is -2.06. The zero-order chi connectivity index (χ0) is 28.6. The summed E-state index contributed by atoms with van der Waals surface area (Å²) in [7, 11) is -3.50. The highest BCUT2D eigenvalue weighted by Gasteiger charge is 2.28. The third kappa shape index (κ3) is 11.3. The van der Waals surface area contributed by atoms with E-state index in [9.17, 15) is 4.57 Å². The predicted octanol–water partition coefficient (Wildman–Crippen LogP) is 5.23. The highest BCUT2D eigenvalue weighted by molar-refractivity contribution is 7.53. The molecule has 0 aliphatic carbocycles. The second-order valence-electron chi connectivity index (χ2n) is 9.75. The normalized spacial score (nSPS) is 11.7. The van der Waals surface area contributed by atoms with Crippen molar-refractivity contribution in [3.63, 3.8) is 0 Å². The first-order valence-electron chi connectivity index (χ1n) is 14.7. The van der Waals surface area contributed by atoms with Crippen molar-refractivity contribution in [2.24, 2.45) is 0 Å². The van der Waals surface area contributed by atoms with Gasteiger partial charge in [0.1, 0.15) is 6.54 Å². The lowest BCUT2D eigenvalue weighted by Crippen LogP contribution is -3.00. The van der Waals surface area contributed by atoms with E-state index in [-0.39, 0.29) is 36.4 Å². The molecule has 0 saturated heterocycles. The van der Waals surface area contributed by atoms with Crippen LogP contribution in [0.2, 0.25) is 0 Å².